The molecule has 0 fully saturated rings. The summed E-state index contributed by atoms with van der Waals surface area (Å²) in [7, 11) is -3.72. The van der Waals surface area contributed by atoms with Crippen LogP contribution in [0.1, 0.15) is 28.3 Å². The summed E-state index contributed by atoms with van der Waals surface area (Å²) >= 11 is 4.72. The summed E-state index contributed by atoms with van der Waals surface area (Å²) in [5.41, 5.74) is 0.958. The number of sulfonamides is 1. The monoisotopic (exact) mass is 391 g/mol. The Morgan fingerprint density at radius 1 is 1.29 bits per heavy atom. The molecule has 2 rings (SSSR count). The maximum Gasteiger partial charge on any atom is 0.242 e. The number of rotatable bonds is 4. The smallest absolute Gasteiger partial charge is 0.207 e. The molecular weight excluding hydrogens is 377 g/mol. The van der Waals surface area contributed by atoms with Gasteiger partial charge in [-0.15, -0.1) is 11.3 Å². The van der Waals surface area contributed by atoms with Crippen LogP contribution in [0.5, 0.6) is 0 Å². The molecule has 0 aliphatic rings. The Bertz CT molecular complexity index is 771. The van der Waals surface area contributed by atoms with Crippen molar-refractivity contribution in [1.29, 1.82) is 0 Å². The minimum absolute atomic E-state index is 0.0281. The minimum atomic E-state index is -3.72. The van der Waals surface area contributed by atoms with Gasteiger partial charge in [0.1, 0.15) is 5.82 Å². The lowest BCUT2D eigenvalue weighted by Gasteiger charge is -2.15. The third kappa shape index (κ3) is 3.71. The van der Waals surface area contributed by atoms with E-state index in [0.717, 1.165) is 27.5 Å². The highest BCUT2D eigenvalue weighted by molar-refractivity contribution is 9.10. The number of nitrogens with one attached hydrogen (secondary N) is 1. The van der Waals surface area contributed by atoms with E-state index in [1.807, 2.05) is 19.9 Å². The van der Waals surface area contributed by atoms with E-state index in [4.69, 9.17) is 0 Å². The molecule has 1 atom stereocenters. The summed E-state index contributed by atoms with van der Waals surface area (Å²) in [6.07, 6.45) is 0. The zero-order valence-electron chi connectivity index (χ0n) is 11.8. The van der Waals surface area contributed by atoms with Gasteiger partial charge in [-0.1, -0.05) is 0 Å². The number of hydrogen-bond acceptors (Lipinski definition) is 3. The van der Waals surface area contributed by atoms with Crippen molar-refractivity contribution in [2.75, 3.05) is 0 Å². The zero-order chi connectivity index (χ0) is 15.8. The van der Waals surface area contributed by atoms with Crippen molar-refractivity contribution in [2.45, 2.75) is 31.7 Å². The first kappa shape index (κ1) is 16.6. The van der Waals surface area contributed by atoms with E-state index < -0.39 is 15.8 Å². The molecule has 3 nitrogen and oxygen atoms in total. The minimum Gasteiger partial charge on any atom is -0.207 e. The number of aryl methyl sites for hydroxylation is 2. The van der Waals surface area contributed by atoms with E-state index in [1.165, 1.54) is 6.07 Å². The molecular formula is C14H15BrFNO2S2. The van der Waals surface area contributed by atoms with Crippen LogP contribution < -0.4 is 4.72 Å². The highest BCUT2D eigenvalue weighted by Gasteiger charge is 2.22. The van der Waals surface area contributed by atoms with Crippen LogP contribution in [0.2, 0.25) is 0 Å². The molecule has 114 valence electrons. The molecule has 1 aromatic heterocycles. The van der Waals surface area contributed by atoms with Gasteiger partial charge < -0.3 is 0 Å². The van der Waals surface area contributed by atoms with Crippen LogP contribution in [0.25, 0.3) is 0 Å². The lowest BCUT2D eigenvalue weighted by Crippen LogP contribution is -2.27. The van der Waals surface area contributed by atoms with Crippen LogP contribution in [-0.2, 0) is 10.0 Å². The predicted octanol–water partition coefficient (Wildman–Crippen LogP) is 4.31. The maximum absolute atomic E-state index is 13.1. The van der Waals surface area contributed by atoms with Gasteiger partial charge in [-0.3, -0.25) is 0 Å². The summed E-state index contributed by atoms with van der Waals surface area (Å²) in [5.74, 6) is -0.488. The third-order valence-electron chi connectivity index (χ3n) is 3.06. The van der Waals surface area contributed by atoms with Crippen LogP contribution in [0.15, 0.2) is 33.6 Å². The molecule has 0 saturated heterocycles. The van der Waals surface area contributed by atoms with Crippen molar-refractivity contribution < 1.29 is 12.8 Å². The molecule has 0 radical (unpaired) electrons. The highest BCUT2D eigenvalue weighted by atomic mass is 79.9. The standard InChI is InChI=1S/C14H15BrFNO2S2/c1-8-6-12(10(3)20-8)9(2)17-21(18,19)14-5-4-11(16)7-13(14)15/h4-7,9,17H,1-3H3. The van der Waals surface area contributed by atoms with E-state index in [2.05, 4.69) is 20.7 Å². The van der Waals surface area contributed by atoms with Crippen molar-refractivity contribution in [1.82, 2.24) is 4.72 Å². The Balaban J connectivity index is 2.31. The van der Waals surface area contributed by atoms with Crippen molar-refractivity contribution in [3.63, 3.8) is 0 Å². The van der Waals surface area contributed by atoms with Gasteiger partial charge in [-0.05, 0) is 66.5 Å². The normalized spacial score (nSPS) is 13.4. The molecule has 21 heavy (non-hydrogen) atoms. The fourth-order valence-corrected chi connectivity index (χ4v) is 5.43. The van der Waals surface area contributed by atoms with Crippen LogP contribution in [0.4, 0.5) is 4.39 Å². The highest BCUT2D eigenvalue weighted by Crippen LogP contribution is 2.29. The van der Waals surface area contributed by atoms with Crippen LogP contribution in [0.3, 0.4) is 0 Å². The molecule has 0 aliphatic carbocycles. The SMILES string of the molecule is Cc1cc(C(C)NS(=O)(=O)c2ccc(F)cc2Br)c(C)s1. The van der Waals surface area contributed by atoms with Gasteiger partial charge in [-0.25, -0.2) is 17.5 Å². The topological polar surface area (TPSA) is 46.2 Å². The first-order chi connectivity index (χ1) is 9.70. The molecule has 2 aromatic rings. The number of thiophene rings is 1. The summed E-state index contributed by atoms with van der Waals surface area (Å²) < 4.78 is 40.7. The predicted molar refractivity (Wildman–Crippen MR) is 86.6 cm³/mol. The maximum atomic E-state index is 13.1. The average Bonchev–Trinajstić information content (AvgIpc) is 2.67. The second kappa shape index (κ2) is 6.16. The molecule has 0 saturated carbocycles. The quantitative estimate of drug-likeness (QED) is 0.843. The van der Waals surface area contributed by atoms with Crippen LogP contribution >= 0.6 is 27.3 Å². The van der Waals surface area contributed by atoms with Gasteiger partial charge in [0, 0.05) is 20.3 Å². The van der Waals surface area contributed by atoms with Crippen molar-refractivity contribution in [3.05, 3.63) is 49.9 Å². The molecule has 0 spiro atoms. The Labute approximate surface area is 136 Å². The molecule has 7 heteroatoms. The first-order valence-corrected chi connectivity index (χ1v) is 9.34. The Kier molecular flexibility index (Phi) is 4.87. The molecule has 1 aromatic carbocycles. The Morgan fingerprint density at radius 2 is 1.95 bits per heavy atom. The molecule has 1 heterocycles. The first-order valence-electron chi connectivity index (χ1n) is 6.25. The van der Waals surface area contributed by atoms with Crippen LogP contribution in [0, 0.1) is 19.7 Å². The molecule has 0 bridgehead atoms. The van der Waals surface area contributed by atoms with Gasteiger partial charge >= 0.3 is 0 Å². The second-order valence-corrected chi connectivity index (χ2v) is 8.78. The van der Waals surface area contributed by atoms with Crippen molar-refractivity contribution >= 4 is 37.3 Å². The Morgan fingerprint density at radius 3 is 2.48 bits per heavy atom. The van der Waals surface area contributed by atoms with Crippen LogP contribution in [-0.4, -0.2) is 8.42 Å². The molecule has 1 unspecified atom stereocenters. The molecule has 0 amide bonds. The second-order valence-electron chi connectivity index (χ2n) is 4.79. The van der Waals surface area contributed by atoms with Gasteiger partial charge in [0.25, 0.3) is 0 Å². The van der Waals surface area contributed by atoms with E-state index in [-0.39, 0.29) is 15.4 Å². The third-order valence-corrected chi connectivity index (χ3v) is 6.56. The number of benzene rings is 1. The lowest BCUT2D eigenvalue weighted by atomic mass is 10.1. The summed E-state index contributed by atoms with van der Waals surface area (Å²) in [6.45, 7) is 5.74. The fraction of sp³-hybridized carbons (Fsp3) is 0.286. The molecule has 0 aliphatic heterocycles. The lowest BCUT2D eigenvalue weighted by molar-refractivity contribution is 0.565. The van der Waals surface area contributed by atoms with Gasteiger partial charge in [0.15, 0.2) is 0 Å². The van der Waals surface area contributed by atoms with Crippen molar-refractivity contribution in [3.8, 4) is 0 Å². The summed E-state index contributed by atoms with van der Waals surface area (Å²) in [6, 6.07) is 5.15. The van der Waals surface area contributed by atoms with E-state index >= 15 is 0 Å². The van der Waals surface area contributed by atoms with E-state index in [1.54, 1.807) is 18.3 Å². The van der Waals surface area contributed by atoms with Gasteiger partial charge in [-0.2, -0.15) is 0 Å². The van der Waals surface area contributed by atoms with E-state index in [9.17, 15) is 12.8 Å². The molecule has 1 N–H and O–H groups in total. The number of halogens is 2. The number of hydrogen-bond donors (Lipinski definition) is 1. The average molecular weight is 392 g/mol. The van der Waals surface area contributed by atoms with Crippen molar-refractivity contribution in [2.24, 2.45) is 0 Å². The van der Waals surface area contributed by atoms with Gasteiger partial charge in [0.2, 0.25) is 10.0 Å². The summed E-state index contributed by atoms with van der Waals surface area (Å²) in [5, 5.41) is 0. The Hall–Kier alpha value is -0.760. The summed E-state index contributed by atoms with van der Waals surface area (Å²) in [4.78, 5) is 2.25. The zero-order valence-corrected chi connectivity index (χ0v) is 15.0. The van der Waals surface area contributed by atoms with E-state index in [0.29, 0.717) is 0 Å². The fourth-order valence-electron chi connectivity index (χ4n) is 2.13. The largest absolute Gasteiger partial charge is 0.242 e. The van der Waals surface area contributed by atoms with Gasteiger partial charge in [0.05, 0.1) is 4.90 Å².